The van der Waals surface area contributed by atoms with E-state index < -0.39 is 0 Å². The number of hydrogen-bond acceptors (Lipinski definition) is 6. The summed E-state index contributed by atoms with van der Waals surface area (Å²) in [5.41, 5.74) is 0.709. The van der Waals surface area contributed by atoms with Gasteiger partial charge in [0.1, 0.15) is 5.82 Å². The average molecular weight is 388 g/mol. The normalized spacial score (nSPS) is 23.6. The third-order valence-electron chi connectivity index (χ3n) is 6.35. The van der Waals surface area contributed by atoms with Gasteiger partial charge in [-0.3, -0.25) is 9.69 Å². The quantitative estimate of drug-likeness (QED) is 0.776. The summed E-state index contributed by atoms with van der Waals surface area (Å²) in [6, 6.07) is 4.56. The summed E-state index contributed by atoms with van der Waals surface area (Å²) < 4.78 is 5.45. The lowest BCUT2D eigenvalue weighted by atomic mass is 10.0. The third kappa shape index (κ3) is 4.64. The Morgan fingerprint density at radius 3 is 2.50 bits per heavy atom. The molecule has 0 aromatic carbocycles. The second-order valence-corrected chi connectivity index (χ2v) is 8.22. The molecule has 0 aliphatic carbocycles. The van der Waals surface area contributed by atoms with Gasteiger partial charge in [-0.1, -0.05) is 0 Å². The topological polar surface area (TPSA) is 52.2 Å². The number of aromatic nitrogens is 1. The summed E-state index contributed by atoms with van der Waals surface area (Å²) in [4.78, 5) is 26.7. The molecule has 7 heteroatoms. The summed E-state index contributed by atoms with van der Waals surface area (Å²) in [6.07, 6.45) is 5.02. The van der Waals surface area contributed by atoms with Crippen LogP contribution in [0, 0.1) is 0 Å². The maximum atomic E-state index is 12.9. The highest BCUT2D eigenvalue weighted by Crippen LogP contribution is 2.20. The smallest absolute Gasteiger partial charge is 0.255 e. The fourth-order valence-corrected chi connectivity index (χ4v) is 4.53. The summed E-state index contributed by atoms with van der Waals surface area (Å²) in [7, 11) is 2.17. The lowest BCUT2D eigenvalue weighted by Gasteiger charge is -2.40. The van der Waals surface area contributed by atoms with Gasteiger partial charge in [-0.05, 0) is 45.0 Å². The van der Waals surface area contributed by atoms with E-state index in [1.165, 1.54) is 0 Å². The first kappa shape index (κ1) is 19.6. The minimum atomic E-state index is 0.120. The predicted molar refractivity (Wildman–Crippen MR) is 110 cm³/mol. The van der Waals surface area contributed by atoms with E-state index in [1.54, 1.807) is 6.20 Å². The number of amides is 1. The summed E-state index contributed by atoms with van der Waals surface area (Å²) in [5, 5.41) is 0. The van der Waals surface area contributed by atoms with E-state index in [0.717, 1.165) is 90.7 Å². The molecule has 0 radical (unpaired) electrons. The summed E-state index contributed by atoms with van der Waals surface area (Å²) in [6.45, 7) is 9.60. The van der Waals surface area contributed by atoms with Gasteiger partial charge in [-0.2, -0.15) is 0 Å². The Morgan fingerprint density at radius 1 is 1.00 bits per heavy atom. The maximum absolute atomic E-state index is 12.9. The number of carbonyl (C=O) groups is 1. The summed E-state index contributed by atoms with van der Waals surface area (Å²) >= 11 is 0. The number of hydrogen-bond donors (Lipinski definition) is 0. The number of pyridine rings is 1. The number of carbonyl (C=O) groups excluding carboxylic acids is 1. The van der Waals surface area contributed by atoms with Crippen molar-refractivity contribution in [1.82, 2.24) is 19.7 Å². The van der Waals surface area contributed by atoms with Gasteiger partial charge in [0.15, 0.2) is 0 Å². The zero-order valence-electron chi connectivity index (χ0n) is 17.1. The fraction of sp³-hybridized carbons (Fsp3) is 0.714. The molecule has 3 fully saturated rings. The Labute approximate surface area is 168 Å². The van der Waals surface area contributed by atoms with Crippen molar-refractivity contribution in [3.05, 3.63) is 23.9 Å². The van der Waals surface area contributed by atoms with Gasteiger partial charge in [0.05, 0.1) is 18.8 Å². The molecule has 0 saturated carbocycles. The predicted octanol–water partition coefficient (Wildman–Crippen LogP) is 1.16. The van der Waals surface area contributed by atoms with E-state index >= 15 is 0 Å². The molecule has 4 rings (SSSR count). The van der Waals surface area contributed by atoms with Crippen molar-refractivity contribution in [3.8, 4) is 0 Å². The van der Waals surface area contributed by atoms with Crippen LogP contribution in [0.3, 0.4) is 0 Å². The van der Waals surface area contributed by atoms with Crippen molar-refractivity contribution in [2.24, 2.45) is 0 Å². The van der Waals surface area contributed by atoms with E-state index in [1.807, 2.05) is 17.0 Å². The van der Waals surface area contributed by atoms with Gasteiger partial charge in [0.25, 0.3) is 5.91 Å². The van der Waals surface area contributed by atoms with Crippen LogP contribution in [0.1, 0.15) is 29.6 Å². The Hall–Kier alpha value is -1.70. The Morgan fingerprint density at radius 2 is 1.79 bits per heavy atom. The van der Waals surface area contributed by atoms with Gasteiger partial charge in [-0.25, -0.2) is 4.98 Å². The number of anilines is 1. The molecule has 1 amide bonds. The zero-order chi connectivity index (χ0) is 19.3. The van der Waals surface area contributed by atoms with Crippen molar-refractivity contribution in [1.29, 1.82) is 0 Å². The number of ether oxygens (including phenoxy) is 1. The van der Waals surface area contributed by atoms with Crippen LogP contribution in [0.5, 0.6) is 0 Å². The monoisotopic (exact) mass is 387 g/mol. The van der Waals surface area contributed by atoms with Crippen LogP contribution in [-0.2, 0) is 4.74 Å². The molecule has 3 aliphatic heterocycles. The van der Waals surface area contributed by atoms with E-state index in [0.29, 0.717) is 11.6 Å². The molecule has 4 heterocycles. The van der Waals surface area contributed by atoms with Crippen molar-refractivity contribution < 1.29 is 9.53 Å². The minimum absolute atomic E-state index is 0.120. The molecule has 3 saturated heterocycles. The lowest BCUT2D eigenvalue weighted by Crippen LogP contribution is -2.50. The van der Waals surface area contributed by atoms with E-state index in [4.69, 9.17) is 4.74 Å². The second-order valence-electron chi connectivity index (χ2n) is 8.22. The van der Waals surface area contributed by atoms with Crippen LogP contribution in [-0.4, -0.2) is 104 Å². The molecule has 0 bridgehead atoms. The third-order valence-corrected chi connectivity index (χ3v) is 6.35. The molecule has 1 aromatic rings. The first-order valence-electron chi connectivity index (χ1n) is 10.7. The van der Waals surface area contributed by atoms with Crippen LogP contribution in [0.2, 0.25) is 0 Å². The average Bonchev–Trinajstić information content (AvgIpc) is 2.98. The van der Waals surface area contributed by atoms with Crippen molar-refractivity contribution in [2.75, 3.05) is 77.5 Å². The number of likely N-dealkylation sites (tertiary alicyclic amines) is 1. The molecule has 1 aromatic heterocycles. The van der Waals surface area contributed by atoms with Gasteiger partial charge >= 0.3 is 0 Å². The maximum Gasteiger partial charge on any atom is 0.255 e. The molecule has 0 unspecified atom stereocenters. The largest absolute Gasteiger partial charge is 0.379 e. The molecular weight excluding hydrogens is 354 g/mol. The zero-order valence-corrected chi connectivity index (χ0v) is 17.1. The van der Waals surface area contributed by atoms with E-state index in [9.17, 15) is 4.79 Å². The van der Waals surface area contributed by atoms with Crippen LogP contribution >= 0.6 is 0 Å². The van der Waals surface area contributed by atoms with Gasteiger partial charge in [0, 0.05) is 58.1 Å². The number of piperidine rings is 1. The second kappa shape index (κ2) is 9.20. The standard InChI is InChI=1S/C21H33N5O2/c1-23-7-2-8-25(12-11-23)20-4-3-18(17-22-20)21(27)26-9-5-19(6-10-26)24-13-15-28-16-14-24/h3-4,17,19H,2,5-16H2,1H3. The highest BCUT2D eigenvalue weighted by molar-refractivity contribution is 5.94. The molecular formula is C21H33N5O2. The fourth-order valence-electron chi connectivity index (χ4n) is 4.53. The summed E-state index contributed by atoms with van der Waals surface area (Å²) in [5.74, 6) is 1.10. The van der Waals surface area contributed by atoms with E-state index in [-0.39, 0.29) is 5.91 Å². The Bertz CT molecular complexity index is 639. The Balaban J connectivity index is 1.31. The van der Waals surface area contributed by atoms with Gasteiger partial charge < -0.3 is 19.4 Å². The highest BCUT2D eigenvalue weighted by atomic mass is 16.5. The van der Waals surface area contributed by atoms with E-state index in [2.05, 4.69) is 26.7 Å². The minimum Gasteiger partial charge on any atom is -0.379 e. The Kier molecular flexibility index (Phi) is 6.44. The molecule has 0 spiro atoms. The van der Waals surface area contributed by atoms with Crippen LogP contribution in [0.4, 0.5) is 5.82 Å². The lowest BCUT2D eigenvalue weighted by molar-refractivity contribution is 0.00158. The molecule has 154 valence electrons. The van der Waals surface area contributed by atoms with Crippen LogP contribution in [0.25, 0.3) is 0 Å². The molecule has 7 nitrogen and oxygen atoms in total. The molecule has 0 N–H and O–H groups in total. The number of likely N-dealkylation sites (N-methyl/N-ethyl adjacent to an activating group) is 1. The highest BCUT2D eigenvalue weighted by Gasteiger charge is 2.28. The first-order chi connectivity index (χ1) is 13.7. The van der Waals surface area contributed by atoms with Crippen molar-refractivity contribution in [2.45, 2.75) is 25.3 Å². The first-order valence-corrected chi connectivity index (χ1v) is 10.7. The van der Waals surface area contributed by atoms with Crippen LogP contribution in [0.15, 0.2) is 18.3 Å². The number of nitrogens with zero attached hydrogens (tertiary/aromatic N) is 5. The molecule has 3 aliphatic rings. The van der Waals surface area contributed by atoms with Gasteiger partial charge in [-0.15, -0.1) is 0 Å². The number of rotatable bonds is 3. The van der Waals surface area contributed by atoms with Gasteiger partial charge in [0.2, 0.25) is 0 Å². The number of morpholine rings is 1. The molecule has 0 atom stereocenters. The van der Waals surface area contributed by atoms with Crippen molar-refractivity contribution >= 4 is 11.7 Å². The molecule has 28 heavy (non-hydrogen) atoms. The van der Waals surface area contributed by atoms with Crippen LogP contribution < -0.4 is 4.90 Å². The SMILES string of the molecule is CN1CCCN(c2ccc(C(=O)N3CCC(N4CCOCC4)CC3)cn2)CC1. The van der Waals surface area contributed by atoms with Crippen molar-refractivity contribution in [3.63, 3.8) is 0 Å².